The van der Waals surface area contributed by atoms with Crippen molar-refractivity contribution in [1.29, 1.82) is 0 Å². The van der Waals surface area contributed by atoms with E-state index in [1.54, 1.807) is 30.7 Å². The van der Waals surface area contributed by atoms with Crippen LogP contribution in [0.15, 0.2) is 41.2 Å². The summed E-state index contributed by atoms with van der Waals surface area (Å²) in [7, 11) is 0. The van der Waals surface area contributed by atoms with Gasteiger partial charge in [-0.1, -0.05) is 11.6 Å². The minimum absolute atomic E-state index is 0.420. The minimum Gasteiger partial charge on any atom is -0.472 e. The number of nitrogens with two attached hydrogens (primary N) is 1. The second-order valence-electron chi connectivity index (χ2n) is 3.54. The monoisotopic (exact) mass is 250 g/mol. The molecule has 3 N–H and O–H groups in total. The molecular weight excluding hydrogens is 240 g/mol. The minimum atomic E-state index is -0.479. The number of halogens is 1. The lowest BCUT2D eigenvalue weighted by Crippen LogP contribution is -2.11. The van der Waals surface area contributed by atoms with Gasteiger partial charge < -0.3 is 15.5 Å². The fourth-order valence-electron chi connectivity index (χ4n) is 1.40. The van der Waals surface area contributed by atoms with Crippen molar-refractivity contribution in [2.24, 2.45) is 5.73 Å². The van der Waals surface area contributed by atoms with Crippen LogP contribution in [0.4, 0.5) is 5.69 Å². The van der Waals surface area contributed by atoms with Crippen molar-refractivity contribution >= 4 is 23.2 Å². The molecule has 0 aliphatic heterocycles. The Hall–Kier alpha value is -1.94. The predicted molar refractivity (Wildman–Crippen MR) is 66.0 cm³/mol. The average molecular weight is 251 g/mol. The molecule has 0 bridgehead atoms. The van der Waals surface area contributed by atoms with Gasteiger partial charge in [0.15, 0.2) is 0 Å². The molecule has 0 atom stereocenters. The van der Waals surface area contributed by atoms with E-state index in [-0.39, 0.29) is 0 Å². The Morgan fingerprint density at radius 1 is 1.41 bits per heavy atom. The molecule has 0 aliphatic carbocycles. The van der Waals surface area contributed by atoms with Crippen molar-refractivity contribution in [2.75, 3.05) is 5.32 Å². The number of furan rings is 1. The van der Waals surface area contributed by atoms with Gasteiger partial charge in [0, 0.05) is 17.7 Å². The van der Waals surface area contributed by atoms with Gasteiger partial charge in [-0.3, -0.25) is 4.79 Å². The van der Waals surface area contributed by atoms with Crippen LogP contribution in [-0.4, -0.2) is 5.91 Å². The van der Waals surface area contributed by atoms with Crippen LogP contribution in [0.25, 0.3) is 0 Å². The smallest absolute Gasteiger partial charge is 0.248 e. The Bertz CT molecular complexity index is 523. The van der Waals surface area contributed by atoms with Gasteiger partial charge in [-0.25, -0.2) is 0 Å². The number of hydrogen-bond acceptors (Lipinski definition) is 3. The van der Waals surface area contributed by atoms with Crippen molar-refractivity contribution < 1.29 is 9.21 Å². The van der Waals surface area contributed by atoms with Crippen LogP contribution in [0, 0.1) is 0 Å². The molecule has 88 valence electrons. The van der Waals surface area contributed by atoms with E-state index in [0.29, 0.717) is 22.8 Å². The molecule has 0 saturated heterocycles. The highest BCUT2D eigenvalue weighted by Gasteiger charge is 2.05. The van der Waals surface area contributed by atoms with E-state index < -0.39 is 5.91 Å². The third kappa shape index (κ3) is 2.79. The van der Waals surface area contributed by atoms with Gasteiger partial charge in [0.05, 0.1) is 23.2 Å². The number of primary amides is 1. The third-order valence-electron chi connectivity index (χ3n) is 2.31. The van der Waals surface area contributed by atoms with Gasteiger partial charge in [0.1, 0.15) is 0 Å². The Morgan fingerprint density at radius 3 is 2.88 bits per heavy atom. The van der Waals surface area contributed by atoms with Crippen molar-refractivity contribution in [3.63, 3.8) is 0 Å². The number of nitrogens with one attached hydrogen (secondary N) is 1. The molecule has 0 saturated carbocycles. The van der Waals surface area contributed by atoms with Crippen LogP contribution in [-0.2, 0) is 6.54 Å². The van der Waals surface area contributed by atoms with Crippen LogP contribution in [0.2, 0.25) is 5.02 Å². The standard InChI is InChI=1S/C12H11ClN2O2/c13-10-2-1-9(12(14)16)5-11(10)15-6-8-3-4-17-7-8/h1-5,7,15H,6H2,(H2,14,16). The fourth-order valence-corrected chi connectivity index (χ4v) is 1.59. The number of benzene rings is 1. The van der Waals surface area contributed by atoms with E-state index in [1.807, 2.05) is 6.07 Å². The first-order chi connectivity index (χ1) is 8.16. The van der Waals surface area contributed by atoms with Gasteiger partial charge in [0.2, 0.25) is 5.91 Å². The second kappa shape index (κ2) is 4.93. The molecule has 1 aromatic heterocycles. The SMILES string of the molecule is NC(=O)c1ccc(Cl)c(NCc2ccoc2)c1. The molecule has 17 heavy (non-hydrogen) atoms. The normalized spacial score (nSPS) is 10.2. The van der Waals surface area contributed by atoms with E-state index in [4.69, 9.17) is 21.8 Å². The number of carbonyl (C=O) groups is 1. The molecule has 5 heteroatoms. The van der Waals surface area contributed by atoms with Crippen molar-refractivity contribution in [3.8, 4) is 0 Å². The average Bonchev–Trinajstić information content (AvgIpc) is 2.80. The lowest BCUT2D eigenvalue weighted by atomic mass is 10.2. The van der Waals surface area contributed by atoms with Gasteiger partial charge >= 0.3 is 0 Å². The molecule has 2 aromatic rings. The quantitative estimate of drug-likeness (QED) is 0.877. The van der Waals surface area contributed by atoms with E-state index >= 15 is 0 Å². The summed E-state index contributed by atoms with van der Waals surface area (Å²) < 4.78 is 4.95. The molecule has 0 fully saturated rings. The Kier molecular flexibility index (Phi) is 3.35. The highest BCUT2D eigenvalue weighted by atomic mass is 35.5. The Labute approximate surface area is 103 Å². The van der Waals surface area contributed by atoms with Crippen LogP contribution >= 0.6 is 11.6 Å². The molecule has 1 aromatic carbocycles. The lowest BCUT2D eigenvalue weighted by molar-refractivity contribution is 0.100. The maximum absolute atomic E-state index is 11.0. The number of carbonyl (C=O) groups excluding carboxylic acids is 1. The zero-order valence-electron chi connectivity index (χ0n) is 8.94. The molecule has 0 radical (unpaired) electrons. The van der Waals surface area contributed by atoms with E-state index in [0.717, 1.165) is 5.56 Å². The third-order valence-corrected chi connectivity index (χ3v) is 2.64. The Morgan fingerprint density at radius 2 is 2.24 bits per heavy atom. The first-order valence-corrected chi connectivity index (χ1v) is 5.39. The fraction of sp³-hybridized carbons (Fsp3) is 0.0833. The van der Waals surface area contributed by atoms with Crippen LogP contribution < -0.4 is 11.1 Å². The van der Waals surface area contributed by atoms with E-state index in [1.165, 1.54) is 0 Å². The predicted octanol–water partition coefficient (Wildman–Crippen LogP) is 2.64. The summed E-state index contributed by atoms with van der Waals surface area (Å²) in [4.78, 5) is 11.0. The lowest BCUT2D eigenvalue weighted by Gasteiger charge is -2.08. The number of amides is 1. The molecule has 0 unspecified atom stereocenters. The molecule has 4 nitrogen and oxygen atoms in total. The second-order valence-corrected chi connectivity index (χ2v) is 3.95. The summed E-state index contributed by atoms with van der Waals surface area (Å²) in [5.74, 6) is -0.479. The zero-order chi connectivity index (χ0) is 12.3. The van der Waals surface area contributed by atoms with Crippen molar-refractivity contribution in [1.82, 2.24) is 0 Å². The topological polar surface area (TPSA) is 68.3 Å². The molecule has 1 heterocycles. The first-order valence-electron chi connectivity index (χ1n) is 5.01. The zero-order valence-corrected chi connectivity index (χ0v) is 9.70. The Balaban J connectivity index is 2.14. The van der Waals surface area contributed by atoms with Gasteiger partial charge in [-0.15, -0.1) is 0 Å². The molecule has 2 rings (SSSR count). The maximum Gasteiger partial charge on any atom is 0.248 e. The summed E-state index contributed by atoms with van der Waals surface area (Å²) in [6.45, 7) is 0.568. The van der Waals surface area contributed by atoms with Gasteiger partial charge in [-0.2, -0.15) is 0 Å². The number of rotatable bonds is 4. The highest BCUT2D eigenvalue weighted by molar-refractivity contribution is 6.33. The molecular formula is C12H11ClN2O2. The number of anilines is 1. The van der Waals surface area contributed by atoms with E-state index in [2.05, 4.69) is 5.32 Å². The van der Waals surface area contributed by atoms with Gasteiger partial charge in [0.25, 0.3) is 0 Å². The largest absolute Gasteiger partial charge is 0.472 e. The summed E-state index contributed by atoms with van der Waals surface area (Å²) >= 11 is 6.00. The maximum atomic E-state index is 11.0. The molecule has 0 spiro atoms. The molecule has 0 aliphatic rings. The van der Waals surface area contributed by atoms with E-state index in [9.17, 15) is 4.79 Å². The molecule has 1 amide bonds. The van der Waals surface area contributed by atoms with Crippen LogP contribution in [0.3, 0.4) is 0 Å². The van der Waals surface area contributed by atoms with Crippen molar-refractivity contribution in [3.05, 3.63) is 52.9 Å². The van der Waals surface area contributed by atoms with Crippen molar-refractivity contribution in [2.45, 2.75) is 6.54 Å². The first kappa shape index (κ1) is 11.5. The summed E-state index contributed by atoms with van der Waals surface area (Å²) in [6, 6.07) is 6.70. The highest BCUT2D eigenvalue weighted by Crippen LogP contribution is 2.23. The van der Waals surface area contributed by atoms with Crippen LogP contribution in [0.1, 0.15) is 15.9 Å². The number of hydrogen-bond donors (Lipinski definition) is 2. The van der Waals surface area contributed by atoms with Gasteiger partial charge in [-0.05, 0) is 24.3 Å². The summed E-state index contributed by atoms with van der Waals surface area (Å²) in [5, 5.41) is 3.65. The summed E-state index contributed by atoms with van der Waals surface area (Å²) in [6.07, 6.45) is 3.23. The summed E-state index contributed by atoms with van der Waals surface area (Å²) in [5.41, 5.74) is 7.28. The van der Waals surface area contributed by atoms with Crippen LogP contribution in [0.5, 0.6) is 0 Å².